The molecule has 3 rings (SSSR count). The summed E-state index contributed by atoms with van der Waals surface area (Å²) in [5.41, 5.74) is 7.38. The summed E-state index contributed by atoms with van der Waals surface area (Å²) in [5, 5.41) is 25.7. The van der Waals surface area contributed by atoms with Crippen LogP contribution in [0.25, 0.3) is 0 Å². The van der Waals surface area contributed by atoms with Crippen molar-refractivity contribution >= 4 is 35.9 Å². The Balaban J connectivity index is 0.00000363. The molecule has 0 saturated carbocycles. The Morgan fingerprint density at radius 3 is 2.19 bits per heavy atom. The van der Waals surface area contributed by atoms with Gasteiger partial charge in [0, 0.05) is 63.0 Å². The molecule has 2 unspecified atom stereocenters. The van der Waals surface area contributed by atoms with Gasteiger partial charge in [0.25, 0.3) is 0 Å². The molecule has 178 valence electrons. The fraction of sp³-hybridized carbons (Fsp3) is 0.591. The number of hydrogen-bond donors (Lipinski definition) is 4. The first-order valence-corrected chi connectivity index (χ1v) is 10.9. The van der Waals surface area contributed by atoms with Gasteiger partial charge in [0.2, 0.25) is 0 Å². The van der Waals surface area contributed by atoms with E-state index in [4.69, 9.17) is 21.4 Å². The largest absolute Gasteiger partial charge is 0.481 e. The van der Waals surface area contributed by atoms with Crippen LogP contribution in [-0.4, -0.2) is 89.6 Å². The SMILES string of the molecule is Cl.N=C(N)c1ccc(N2CCN(C3CCN(CCC(=O)O)CC3CCC(=O)O)CC2)cc1. The first-order chi connectivity index (χ1) is 14.8. The normalized spacial score (nSPS) is 22.2. The van der Waals surface area contributed by atoms with Crippen molar-refractivity contribution in [2.45, 2.75) is 31.7 Å². The molecule has 10 heteroatoms. The van der Waals surface area contributed by atoms with Gasteiger partial charge < -0.3 is 25.7 Å². The van der Waals surface area contributed by atoms with Crippen LogP contribution < -0.4 is 10.6 Å². The second kappa shape index (κ2) is 12.0. The van der Waals surface area contributed by atoms with E-state index in [1.54, 1.807) is 0 Å². The molecule has 1 aromatic carbocycles. The minimum atomic E-state index is -0.795. The number of aliphatic carboxylic acids is 2. The number of rotatable bonds is 9. The van der Waals surface area contributed by atoms with Gasteiger partial charge in [0.05, 0.1) is 6.42 Å². The lowest BCUT2D eigenvalue weighted by atomic mass is 9.86. The van der Waals surface area contributed by atoms with Gasteiger partial charge in [-0.1, -0.05) is 0 Å². The maximum atomic E-state index is 11.2. The Labute approximate surface area is 195 Å². The molecule has 0 amide bonds. The molecule has 0 spiro atoms. The highest BCUT2D eigenvalue weighted by atomic mass is 35.5. The molecule has 0 aliphatic carbocycles. The maximum absolute atomic E-state index is 11.2. The summed E-state index contributed by atoms with van der Waals surface area (Å²) in [5.74, 6) is -1.27. The van der Waals surface area contributed by atoms with Crippen molar-refractivity contribution in [1.82, 2.24) is 9.80 Å². The minimum absolute atomic E-state index is 0. The second-order valence-electron chi connectivity index (χ2n) is 8.48. The third kappa shape index (κ3) is 7.08. The van der Waals surface area contributed by atoms with Crippen LogP contribution >= 0.6 is 12.4 Å². The first-order valence-electron chi connectivity index (χ1n) is 10.9. The summed E-state index contributed by atoms with van der Waals surface area (Å²) < 4.78 is 0. The second-order valence-corrected chi connectivity index (χ2v) is 8.48. The zero-order valence-corrected chi connectivity index (χ0v) is 19.1. The molecule has 9 nitrogen and oxygen atoms in total. The van der Waals surface area contributed by atoms with Crippen LogP contribution in [0.2, 0.25) is 0 Å². The number of carboxylic acids is 2. The Bertz CT molecular complexity index is 783. The number of nitrogens with zero attached hydrogens (tertiary/aromatic N) is 3. The van der Waals surface area contributed by atoms with E-state index in [0.717, 1.165) is 56.9 Å². The molecule has 2 atom stereocenters. The van der Waals surface area contributed by atoms with Crippen LogP contribution in [0.5, 0.6) is 0 Å². The van der Waals surface area contributed by atoms with Crippen LogP contribution in [0, 0.1) is 11.3 Å². The van der Waals surface area contributed by atoms with Crippen molar-refractivity contribution in [3.8, 4) is 0 Å². The summed E-state index contributed by atoms with van der Waals surface area (Å²) in [4.78, 5) is 29.1. The fourth-order valence-electron chi connectivity index (χ4n) is 4.79. The van der Waals surface area contributed by atoms with Crippen molar-refractivity contribution in [2.24, 2.45) is 11.7 Å². The van der Waals surface area contributed by atoms with E-state index in [-0.39, 0.29) is 37.0 Å². The van der Waals surface area contributed by atoms with Crippen LogP contribution in [0.4, 0.5) is 5.69 Å². The van der Waals surface area contributed by atoms with Gasteiger partial charge in [-0.15, -0.1) is 12.4 Å². The van der Waals surface area contributed by atoms with Crippen molar-refractivity contribution < 1.29 is 19.8 Å². The molecular weight excluding hydrogens is 434 g/mol. The molecule has 2 aliphatic heterocycles. The molecule has 1 aromatic rings. The van der Waals surface area contributed by atoms with Gasteiger partial charge in [-0.05, 0) is 49.6 Å². The molecule has 5 N–H and O–H groups in total. The van der Waals surface area contributed by atoms with E-state index in [0.29, 0.717) is 19.0 Å². The lowest BCUT2D eigenvalue weighted by Crippen LogP contribution is -2.57. The van der Waals surface area contributed by atoms with Crippen molar-refractivity contribution in [3.05, 3.63) is 29.8 Å². The third-order valence-corrected chi connectivity index (χ3v) is 6.48. The predicted molar refractivity (Wildman–Crippen MR) is 126 cm³/mol. The van der Waals surface area contributed by atoms with Crippen LogP contribution in [0.1, 0.15) is 31.2 Å². The Hall–Kier alpha value is -2.36. The number of nitrogens with one attached hydrogen (secondary N) is 1. The van der Waals surface area contributed by atoms with E-state index in [1.807, 2.05) is 24.3 Å². The predicted octanol–water partition coefficient (Wildman–Crippen LogP) is 1.54. The number of halogens is 1. The number of carbonyl (C=O) groups is 2. The molecular formula is C22H34ClN5O4. The molecule has 0 aromatic heterocycles. The standard InChI is InChI=1S/C22H33N5O4.ClH/c23-22(24)16-1-4-18(5-2-16)26-11-13-27(14-12-26)19-7-9-25(10-8-21(30)31)15-17(19)3-6-20(28)29;/h1-2,4-5,17,19H,3,6-15H2,(H3,23,24)(H,28,29)(H,30,31);1H. The number of piperidine rings is 1. The number of nitrogens with two attached hydrogens (primary N) is 1. The van der Waals surface area contributed by atoms with Crippen LogP contribution in [-0.2, 0) is 9.59 Å². The van der Waals surface area contributed by atoms with E-state index in [2.05, 4.69) is 14.7 Å². The highest BCUT2D eigenvalue weighted by Gasteiger charge is 2.34. The Morgan fingerprint density at radius 2 is 1.62 bits per heavy atom. The summed E-state index contributed by atoms with van der Waals surface area (Å²) in [6, 6.07) is 8.09. The molecule has 0 bridgehead atoms. The molecule has 2 fully saturated rings. The molecule has 2 saturated heterocycles. The molecule has 32 heavy (non-hydrogen) atoms. The van der Waals surface area contributed by atoms with Crippen molar-refractivity contribution in [2.75, 3.05) is 50.7 Å². The lowest BCUT2D eigenvalue weighted by Gasteiger charge is -2.47. The zero-order valence-electron chi connectivity index (χ0n) is 18.3. The Morgan fingerprint density at radius 1 is 1.00 bits per heavy atom. The van der Waals surface area contributed by atoms with Gasteiger partial charge >= 0.3 is 11.9 Å². The van der Waals surface area contributed by atoms with E-state index in [9.17, 15) is 9.59 Å². The summed E-state index contributed by atoms with van der Waals surface area (Å²) in [6.07, 6.45) is 1.83. The monoisotopic (exact) mass is 467 g/mol. The van der Waals surface area contributed by atoms with Gasteiger partial charge in [-0.3, -0.25) is 19.9 Å². The number of amidine groups is 1. The number of nitrogen functional groups attached to an aromatic ring is 1. The quantitative estimate of drug-likeness (QED) is 0.317. The molecule has 0 radical (unpaired) electrons. The highest BCUT2D eigenvalue weighted by molar-refractivity contribution is 5.95. The number of hydrogen-bond acceptors (Lipinski definition) is 6. The van der Waals surface area contributed by atoms with Crippen molar-refractivity contribution in [3.63, 3.8) is 0 Å². The summed E-state index contributed by atoms with van der Waals surface area (Å²) in [7, 11) is 0. The number of piperazine rings is 1. The number of carboxylic acid groups (broad SMARTS) is 2. The highest BCUT2D eigenvalue weighted by Crippen LogP contribution is 2.28. The summed E-state index contributed by atoms with van der Waals surface area (Å²) >= 11 is 0. The van der Waals surface area contributed by atoms with E-state index in [1.165, 1.54) is 0 Å². The minimum Gasteiger partial charge on any atom is -0.481 e. The lowest BCUT2D eigenvalue weighted by molar-refractivity contribution is -0.138. The zero-order chi connectivity index (χ0) is 22.4. The third-order valence-electron chi connectivity index (χ3n) is 6.48. The molecule has 2 aliphatic rings. The Kier molecular flexibility index (Phi) is 9.74. The number of anilines is 1. The number of likely N-dealkylation sites (tertiary alicyclic amines) is 1. The van der Waals surface area contributed by atoms with E-state index >= 15 is 0 Å². The maximum Gasteiger partial charge on any atom is 0.304 e. The summed E-state index contributed by atoms with van der Waals surface area (Å²) in [6.45, 7) is 5.76. The van der Waals surface area contributed by atoms with Gasteiger partial charge in [0.1, 0.15) is 5.84 Å². The van der Waals surface area contributed by atoms with Gasteiger partial charge in [0.15, 0.2) is 0 Å². The van der Waals surface area contributed by atoms with Gasteiger partial charge in [-0.2, -0.15) is 0 Å². The van der Waals surface area contributed by atoms with Crippen molar-refractivity contribution in [1.29, 1.82) is 5.41 Å². The topological polar surface area (TPSA) is 134 Å². The smallest absolute Gasteiger partial charge is 0.304 e. The first kappa shape index (κ1) is 25.9. The average molecular weight is 468 g/mol. The van der Waals surface area contributed by atoms with E-state index < -0.39 is 11.9 Å². The van der Waals surface area contributed by atoms with Crippen LogP contribution in [0.3, 0.4) is 0 Å². The fourth-order valence-corrected chi connectivity index (χ4v) is 4.79. The number of benzene rings is 1. The molecule has 2 heterocycles. The average Bonchev–Trinajstić information content (AvgIpc) is 2.76. The van der Waals surface area contributed by atoms with Crippen LogP contribution in [0.15, 0.2) is 24.3 Å². The van der Waals surface area contributed by atoms with Gasteiger partial charge in [-0.25, -0.2) is 0 Å².